The second-order valence-electron chi connectivity index (χ2n) is 5.65. The summed E-state index contributed by atoms with van der Waals surface area (Å²) < 4.78 is 0. The van der Waals surface area contributed by atoms with E-state index >= 15 is 0 Å². The number of benzene rings is 1. The summed E-state index contributed by atoms with van der Waals surface area (Å²) in [6.45, 7) is 1.13. The number of rotatable bonds is 4. The van der Waals surface area contributed by atoms with Crippen LogP contribution in [0.4, 0.5) is 0 Å². The number of phenolic OH excluding ortho intramolecular Hbond substituents is 1. The first kappa shape index (κ1) is 14.0. The lowest BCUT2D eigenvalue weighted by Crippen LogP contribution is -2.34. The van der Waals surface area contributed by atoms with Gasteiger partial charge in [-0.15, -0.1) is 0 Å². The summed E-state index contributed by atoms with van der Waals surface area (Å²) in [5, 5.41) is 13.5. The van der Waals surface area contributed by atoms with Gasteiger partial charge in [0.25, 0.3) is 0 Å². The van der Waals surface area contributed by atoms with Gasteiger partial charge in [-0.1, -0.05) is 6.42 Å². The van der Waals surface area contributed by atoms with Crippen LogP contribution in [0.1, 0.15) is 31.2 Å². The first-order valence-electron chi connectivity index (χ1n) is 7.65. The third-order valence-corrected chi connectivity index (χ3v) is 4.00. The molecule has 21 heavy (non-hydrogen) atoms. The van der Waals surface area contributed by atoms with Gasteiger partial charge in [0.05, 0.1) is 0 Å². The standard InChI is InChI=1S/C17H21N3O/c21-16-11-13(5-6-15-4-1-2-7-18-15)10-14(12-16)17-19-8-3-9-20-17/h3,8-12,15,18,21H,1-2,4-7H2/t15-/m0/s1. The summed E-state index contributed by atoms with van der Waals surface area (Å²) in [4.78, 5) is 8.49. The van der Waals surface area contributed by atoms with Gasteiger partial charge in [-0.25, -0.2) is 9.97 Å². The van der Waals surface area contributed by atoms with Crippen LogP contribution in [0.25, 0.3) is 11.4 Å². The van der Waals surface area contributed by atoms with Crippen molar-refractivity contribution in [3.63, 3.8) is 0 Å². The van der Waals surface area contributed by atoms with E-state index in [1.807, 2.05) is 6.07 Å². The molecule has 1 fully saturated rings. The molecule has 2 aromatic rings. The molecule has 0 amide bonds. The Hall–Kier alpha value is -1.94. The van der Waals surface area contributed by atoms with E-state index < -0.39 is 0 Å². The van der Waals surface area contributed by atoms with Gasteiger partial charge < -0.3 is 10.4 Å². The lowest BCUT2D eigenvalue weighted by atomic mass is 9.97. The highest BCUT2D eigenvalue weighted by Gasteiger charge is 2.13. The smallest absolute Gasteiger partial charge is 0.159 e. The second-order valence-corrected chi connectivity index (χ2v) is 5.65. The maximum Gasteiger partial charge on any atom is 0.159 e. The van der Waals surface area contributed by atoms with E-state index in [0.29, 0.717) is 11.9 Å². The van der Waals surface area contributed by atoms with Crippen LogP contribution < -0.4 is 5.32 Å². The normalized spacial score (nSPS) is 18.6. The SMILES string of the molecule is Oc1cc(CC[C@@H]2CCCCN2)cc(-c2ncccn2)c1. The second kappa shape index (κ2) is 6.68. The molecule has 0 aliphatic carbocycles. The summed E-state index contributed by atoms with van der Waals surface area (Å²) in [5.41, 5.74) is 2.02. The Bertz CT molecular complexity index is 580. The van der Waals surface area contributed by atoms with E-state index in [2.05, 4.69) is 21.4 Å². The minimum Gasteiger partial charge on any atom is -0.508 e. The lowest BCUT2D eigenvalue weighted by molar-refractivity contribution is 0.382. The molecule has 2 N–H and O–H groups in total. The Morgan fingerprint density at radius 3 is 2.76 bits per heavy atom. The molecule has 2 heterocycles. The van der Waals surface area contributed by atoms with Gasteiger partial charge in [-0.2, -0.15) is 0 Å². The molecule has 4 heteroatoms. The van der Waals surface area contributed by atoms with Crippen molar-refractivity contribution in [2.24, 2.45) is 0 Å². The van der Waals surface area contributed by atoms with Gasteiger partial charge in [0, 0.05) is 24.0 Å². The Morgan fingerprint density at radius 2 is 2.00 bits per heavy atom. The van der Waals surface area contributed by atoms with Crippen LogP contribution in [-0.2, 0) is 6.42 Å². The molecular weight excluding hydrogens is 262 g/mol. The average molecular weight is 283 g/mol. The van der Waals surface area contributed by atoms with Gasteiger partial charge in [0.1, 0.15) is 5.75 Å². The zero-order valence-electron chi connectivity index (χ0n) is 12.1. The minimum atomic E-state index is 0.284. The van der Waals surface area contributed by atoms with Crippen LogP contribution >= 0.6 is 0 Å². The van der Waals surface area contributed by atoms with Crippen LogP contribution in [0.5, 0.6) is 5.75 Å². The summed E-state index contributed by atoms with van der Waals surface area (Å²) in [5.74, 6) is 0.942. The molecule has 1 saturated heterocycles. The molecule has 1 aromatic carbocycles. The molecule has 0 unspecified atom stereocenters. The fraction of sp³-hybridized carbons (Fsp3) is 0.412. The Balaban J connectivity index is 1.72. The molecule has 4 nitrogen and oxygen atoms in total. The molecule has 3 rings (SSSR count). The molecule has 0 spiro atoms. The molecule has 1 aliphatic rings. The number of piperidine rings is 1. The number of phenols is 1. The fourth-order valence-electron chi connectivity index (χ4n) is 2.91. The number of hydrogen-bond donors (Lipinski definition) is 2. The summed E-state index contributed by atoms with van der Waals surface area (Å²) in [7, 11) is 0. The van der Waals surface area contributed by atoms with Crippen molar-refractivity contribution >= 4 is 0 Å². The Labute approximate surface area is 125 Å². The first-order valence-corrected chi connectivity index (χ1v) is 7.65. The number of aromatic nitrogens is 2. The zero-order valence-corrected chi connectivity index (χ0v) is 12.1. The largest absolute Gasteiger partial charge is 0.508 e. The molecule has 110 valence electrons. The monoisotopic (exact) mass is 283 g/mol. The van der Waals surface area contributed by atoms with Crippen molar-refractivity contribution in [3.05, 3.63) is 42.2 Å². The maximum atomic E-state index is 9.92. The highest BCUT2D eigenvalue weighted by Crippen LogP contribution is 2.24. The zero-order chi connectivity index (χ0) is 14.5. The van der Waals surface area contributed by atoms with Crippen LogP contribution in [-0.4, -0.2) is 27.7 Å². The minimum absolute atomic E-state index is 0.284. The molecule has 0 radical (unpaired) electrons. The van der Waals surface area contributed by atoms with Gasteiger partial charge in [-0.3, -0.25) is 0 Å². The van der Waals surface area contributed by atoms with E-state index in [4.69, 9.17) is 0 Å². The Morgan fingerprint density at radius 1 is 1.14 bits per heavy atom. The third kappa shape index (κ3) is 3.79. The average Bonchev–Trinajstić information content (AvgIpc) is 2.54. The number of nitrogens with zero attached hydrogens (tertiary/aromatic N) is 2. The van der Waals surface area contributed by atoms with Crippen molar-refractivity contribution in [3.8, 4) is 17.1 Å². The molecule has 1 aromatic heterocycles. The van der Waals surface area contributed by atoms with E-state index in [-0.39, 0.29) is 5.75 Å². The van der Waals surface area contributed by atoms with E-state index in [9.17, 15) is 5.11 Å². The van der Waals surface area contributed by atoms with Crippen LogP contribution in [0.15, 0.2) is 36.7 Å². The van der Waals surface area contributed by atoms with Gasteiger partial charge in [0.15, 0.2) is 5.82 Å². The summed E-state index contributed by atoms with van der Waals surface area (Å²) in [6.07, 6.45) is 9.38. The Kier molecular flexibility index (Phi) is 4.46. The highest BCUT2D eigenvalue weighted by atomic mass is 16.3. The van der Waals surface area contributed by atoms with Crippen molar-refractivity contribution in [2.45, 2.75) is 38.1 Å². The van der Waals surface area contributed by atoms with E-state index in [0.717, 1.165) is 30.5 Å². The number of nitrogens with one attached hydrogen (secondary N) is 1. The topological polar surface area (TPSA) is 58.0 Å². The van der Waals surface area contributed by atoms with Crippen LogP contribution in [0.2, 0.25) is 0 Å². The van der Waals surface area contributed by atoms with Crippen LogP contribution in [0.3, 0.4) is 0 Å². The van der Waals surface area contributed by atoms with E-state index in [1.165, 1.54) is 19.3 Å². The molecule has 1 aliphatic heterocycles. The molecular formula is C17H21N3O. The van der Waals surface area contributed by atoms with Crippen molar-refractivity contribution in [2.75, 3.05) is 6.54 Å². The number of aromatic hydroxyl groups is 1. The van der Waals surface area contributed by atoms with Gasteiger partial charge in [-0.05, 0) is 62.1 Å². The first-order chi connectivity index (χ1) is 10.3. The highest BCUT2D eigenvalue weighted by molar-refractivity contribution is 5.58. The molecule has 0 bridgehead atoms. The lowest BCUT2D eigenvalue weighted by Gasteiger charge is -2.23. The summed E-state index contributed by atoms with van der Waals surface area (Å²) >= 11 is 0. The predicted molar refractivity (Wildman–Crippen MR) is 83.1 cm³/mol. The van der Waals surface area contributed by atoms with Crippen molar-refractivity contribution < 1.29 is 5.11 Å². The van der Waals surface area contributed by atoms with E-state index in [1.54, 1.807) is 24.5 Å². The van der Waals surface area contributed by atoms with Crippen LogP contribution in [0, 0.1) is 0 Å². The molecule has 0 saturated carbocycles. The van der Waals surface area contributed by atoms with Gasteiger partial charge >= 0.3 is 0 Å². The summed E-state index contributed by atoms with van der Waals surface area (Å²) in [6, 6.07) is 8.05. The van der Waals surface area contributed by atoms with Gasteiger partial charge in [0.2, 0.25) is 0 Å². The van der Waals surface area contributed by atoms with Crippen molar-refractivity contribution in [1.82, 2.24) is 15.3 Å². The van der Waals surface area contributed by atoms with Crippen molar-refractivity contribution in [1.29, 1.82) is 0 Å². The third-order valence-electron chi connectivity index (χ3n) is 4.00. The quantitative estimate of drug-likeness (QED) is 0.906. The predicted octanol–water partition coefficient (Wildman–Crippen LogP) is 2.92. The number of hydrogen-bond acceptors (Lipinski definition) is 4. The molecule has 1 atom stereocenters. The fourth-order valence-corrected chi connectivity index (χ4v) is 2.91. The maximum absolute atomic E-state index is 9.92. The number of aryl methyl sites for hydroxylation is 1.